The first kappa shape index (κ1) is 25.4. The monoisotopic (exact) mass is 617 g/mol. The van der Waals surface area contributed by atoms with Gasteiger partial charge in [0.15, 0.2) is 0 Å². The number of hydrogen-bond donors (Lipinski definition) is 0. The van der Waals surface area contributed by atoms with Crippen molar-refractivity contribution in [1.82, 2.24) is 0 Å². The topological polar surface area (TPSA) is 0 Å². The number of hydrogen-bond acceptors (Lipinski definition) is 0. The van der Waals surface area contributed by atoms with Crippen LogP contribution in [0.15, 0.2) is 42.5 Å². The van der Waals surface area contributed by atoms with E-state index in [1.54, 1.807) is 16.7 Å². The molecule has 0 saturated carbocycles. The van der Waals surface area contributed by atoms with E-state index in [4.69, 9.17) is 0 Å². The van der Waals surface area contributed by atoms with E-state index in [0.29, 0.717) is 9.09 Å². The molecule has 0 radical (unpaired) electrons. The van der Waals surface area contributed by atoms with Gasteiger partial charge in [-0.25, -0.2) is 0 Å². The first-order valence-corrected chi connectivity index (χ1v) is 42.8. The number of allylic oxidation sites excluding steroid dienone is 5. The zero-order valence-electron chi connectivity index (χ0n) is 24.0. The summed E-state index contributed by atoms with van der Waals surface area (Å²) in [6, 6.07) is 5.27. The third kappa shape index (κ3) is 2.73. The molecule has 3 aliphatic carbocycles. The predicted molar refractivity (Wildman–Crippen MR) is 150 cm³/mol. The van der Waals surface area contributed by atoms with Crippen LogP contribution in [0.4, 0.5) is 0 Å². The van der Waals surface area contributed by atoms with Gasteiger partial charge in [-0.15, -0.1) is 0 Å². The van der Waals surface area contributed by atoms with Gasteiger partial charge >= 0.3 is 194 Å². The second-order valence-electron chi connectivity index (χ2n) is 23.9. The Balaban J connectivity index is 2.19. The van der Waals surface area contributed by atoms with Gasteiger partial charge in [-0.2, -0.15) is 0 Å². The third-order valence-corrected chi connectivity index (χ3v) is 57.4. The van der Waals surface area contributed by atoms with E-state index in [9.17, 15) is 0 Å². The van der Waals surface area contributed by atoms with Crippen LogP contribution < -0.4 is 0 Å². The molecule has 0 spiro atoms. The molecule has 1 aromatic carbocycles. The van der Waals surface area contributed by atoms with Crippen LogP contribution in [-0.2, 0) is 28.6 Å². The first-order valence-electron chi connectivity index (χ1n) is 13.8. The van der Waals surface area contributed by atoms with Gasteiger partial charge in [-0.1, -0.05) is 0 Å². The third-order valence-electron chi connectivity index (χ3n) is 12.4. The summed E-state index contributed by atoms with van der Waals surface area (Å²) in [5.74, 6) is 0. The summed E-state index contributed by atoms with van der Waals surface area (Å²) in [6.45, 7) is 12.3. The molecular weight excluding hydrogens is 563 g/mol. The summed E-state index contributed by atoms with van der Waals surface area (Å²) in [7, 11) is 0. The molecule has 4 rings (SSSR count). The standard InChI is InChI=1S/C20H27.C5H5.7CH3.Hf/c1-6-20(7-2)12-15-10-14-8-9-18(19(3,4)5)17(14)11-16(15)13-20;1-2-4-5-3-1;;;;;;;;/h8-11H,6-7,12-13H2,1-5H3;1-5H;7*1H3;. The zero-order valence-corrected chi connectivity index (χ0v) is 27.6. The molecule has 0 N–H and O–H groups in total. The summed E-state index contributed by atoms with van der Waals surface area (Å²) in [6.07, 6.45) is 19.8. The van der Waals surface area contributed by atoms with E-state index in [1.165, 1.54) is 31.2 Å². The molecule has 0 amide bonds. The molecule has 0 aromatic heterocycles. The van der Waals surface area contributed by atoms with Crippen molar-refractivity contribution >= 4 is 6.08 Å². The summed E-state index contributed by atoms with van der Waals surface area (Å²) in [5.41, 5.74) is 6.75. The molecule has 0 nitrogen and oxygen atoms in total. The Kier molecular flexibility index (Phi) is 3.43. The summed E-state index contributed by atoms with van der Waals surface area (Å²) in [4.78, 5) is 0. The molecule has 0 saturated heterocycles. The number of benzene rings is 1. The van der Waals surface area contributed by atoms with Crippen LogP contribution >= 0.6 is 0 Å². The molecule has 1 unspecified atom stereocenters. The molecule has 0 fully saturated rings. The summed E-state index contributed by atoms with van der Waals surface area (Å²) >= 11 is -5.77. The Labute approximate surface area is 193 Å². The number of rotatable bonds is 4. The van der Waals surface area contributed by atoms with E-state index in [-0.39, 0.29) is 8.59 Å². The first-order chi connectivity index (χ1) is 14.3. The molecule has 1 aromatic rings. The minimum atomic E-state index is -5.77. The van der Waals surface area contributed by atoms with Crippen LogP contribution in [0.3, 0.4) is 0 Å². The SMILES string of the molecule is CCC1(CC)Cc2cc3c(cc2C1)[C](C(C)(C)C)([Hf]([CH3])([CH3])([CH3])([CH3])([CH3])([CH3])([CH3])[CH]1C=CC=C1)C=C3. The van der Waals surface area contributed by atoms with E-state index in [1.807, 2.05) is 0 Å². The molecular formula is C32H53Hf. The molecule has 0 aliphatic heterocycles. The maximum absolute atomic E-state index is 5.77. The van der Waals surface area contributed by atoms with E-state index < -0.39 is 12.6 Å². The summed E-state index contributed by atoms with van der Waals surface area (Å²) < 4.78 is 19.6. The van der Waals surface area contributed by atoms with Crippen molar-refractivity contribution in [3.63, 3.8) is 0 Å². The Hall–Kier alpha value is -0.690. The summed E-state index contributed by atoms with van der Waals surface area (Å²) in [5, 5.41) is 0. The van der Waals surface area contributed by atoms with Gasteiger partial charge in [0.2, 0.25) is 0 Å². The molecule has 185 valence electrons. The molecule has 1 heteroatoms. The maximum atomic E-state index is 2.76. The Morgan fingerprint density at radius 1 is 0.818 bits per heavy atom. The van der Waals surface area contributed by atoms with E-state index in [0.717, 1.165) is 0 Å². The fraction of sp³-hybridized carbons (Fsp3) is 0.625. The molecule has 0 bridgehead atoms. The predicted octanol–water partition coefficient (Wildman–Crippen LogP) is 10.9. The fourth-order valence-corrected chi connectivity index (χ4v) is 57.1. The Morgan fingerprint density at radius 3 is 1.76 bits per heavy atom. The number of fused-ring (bicyclic) bond motifs is 2. The average Bonchev–Trinajstić information content (AvgIpc) is 3.34. The van der Waals surface area contributed by atoms with Gasteiger partial charge in [0.05, 0.1) is 0 Å². The fourth-order valence-electron chi connectivity index (χ4n) is 10.7. The Bertz CT molecular complexity index is 1210. The van der Waals surface area contributed by atoms with Crippen molar-refractivity contribution in [3.05, 3.63) is 64.8 Å². The molecule has 33 heavy (non-hydrogen) atoms. The normalized spacial score (nSPS) is 30.5. The van der Waals surface area contributed by atoms with Crippen molar-refractivity contribution in [1.29, 1.82) is 0 Å². The van der Waals surface area contributed by atoms with Gasteiger partial charge in [-0.3, -0.25) is 0 Å². The Morgan fingerprint density at radius 2 is 1.30 bits per heavy atom. The van der Waals surface area contributed by atoms with Crippen molar-refractivity contribution in [2.75, 3.05) is 0 Å². The van der Waals surface area contributed by atoms with Gasteiger partial charge in [0.1, 0.15) is 0 Å². The average molecular weight is 616 g/mol. The van der Waals surface area contributed by atoms with Crippen LogP contribution in [0.25, 0.3) is 6.08 Å². The second kappa shape index (κ2) is 4.46. The van der Waals surface area contributed by atoms with Crippen LogP contribution in [-0.4, -0.2) is 0 Å². The van der Waals surface area contributed by atoms with Crippen molar-refractivity contribution < 1.29 is 12.6 Å². The second-order valence-corrected chi connectivity index (χ2v) is 133. The zero-order chi connectivity index (χ0) is 25.2. The van der Waals surface area contributed by atoms with Gasteiger partial charge in [0, 0.05) is 0 Å². The van der Waals surface area contributed by atoms with Gasteiger partial charge < -0.3 is 0 Å². The molecule has 3 aliphatic rings. The van der Waals surface area contributed by atoms with E-state index in [2.05, 4.69) is 116 Å². The van der Waals surface area contributed by atoms with Crippen LogP contribution in [0, 0.1) is 10.8 Å². The van der Waals surface area contributed by atoms with Crippen molar-refractivity contribution in [2.45, 2.75) is 99.9 Å². The van der Waals surface area contributed by atoms with E-state index >= 15 is 0 Å². The van der Waals surface area contributed by atoms with Crippen molar-refractivity contribution in [3.8, 4) is 0 Å². The van der Waals surface area contributed by atoms with Crippen LogP contribution in [0.5, 0.6) is 0 Å². The molecule has 0 heterocycles. The van der Waals surface area contributed by atoms with Crippen LogP contribution in [0.2, 0.25) is 36.4 Å². The minimum absolute atomic E-state index is 0.0275. The quantitative estimate of drug-likeness (QED) is 0.296. The van der Waals surface area contributed by atoms with Crippen molar-refractivity contribution in [2.24, 2.45) is 10.8 Å². The van der Waals surface area contributed by atoms with Crippen LogP contribution in [0.1, 0.15) is 69.7 Å². The van der Waals surface area contributed by atoms with Gasteiger partial charge in [0.25, 0.3) is 0 Å². The van der Waals surface area contributed by atoms with Gasteiger partial charge in [-0.05, 0) is 0 Å². The molecule has 1 atom stereocenters.